The van der Waals surface area contributed by atoms with Crippen molar-refractivity contribution >= 4 is 22.2 Å². The second-order valence-electron chi connectivity index (χ2n) is 7.48. The highest BCUT2D eigenvalue weighted by Crippen LogP contribution is 2.27. The SMILES string of the molecule is Cn1c(=O)[nH]c2nc(-c3nn(Cc4ccccc4F)c4ncccc34)nc(CCCO)c21. The second kappa shape index (κ2) is 7.97. The standard InChI is InChI=1S/C22H20FN7O2/c1-29-18-16(9-5-11-31)25-19(26-20(18)27-22(29)32)17-14-7-4-10-24-21(14)30(28-17)12-13-6-2-3-8-15(13)23/h2-4,6-8,10,31H,5,9,11-12H2,1H3,(H,25,26,27,32). The number of imidazole rings is 1. The first kappa shape index (κ1) is 20.0. The van der Waals surface area contributed by atoms with Gasteiger partial charge in [0, 0.05) is 25.4 Å². The molecule has 32 heavy (non-hydrogen) atoms. The molecule has 0 bridgehead atoms. The zero-order chi connectivity index (χ0) is 22.2. The molecule has 0 atom stereocenters. The van der Waals surface area contributed by atoms with E-state index in [1.54, 1.807) is 42.2 Å². The fourth-order valence-corrected chi connectivity index (χ4v) is 3.83. The third-order valence-electron chi connectivity index (χ3n) is 5.39. The topological polar surface area (TPSA) is 115 Å². The molecule has 0 spiro atoms. The van der Waals surface area contributed by atoms with Crippen LogP contribution in [0.4, 0.5) is 4.39 Å². The summed E-state index contributed by atoms with van der Waals surface area (Å²) < 4.78 is 17.3. The molecule has 162 valence electrons. The first-order chi connectivity index (χ1) is 15.6. The molecule has 5 rings (SSSR count). The van der Waals surface area contributed by atoms with Gasteiger partial charge in [0.15, 0.2) is 17.1 Å². The van der Waals surface area contributed by atoms with Gasteiger partial charge in [0.25, 0.3) is 0 Å². The fourth-order valence-electron chi connectivity index (χ4n) is 3.83. The summed E-state index contributed by atoms with van der Waals surface area (Å²) >= 11 is 0. The number of hydrogen-bond acceptors (Lipinski definition) is 6. The molecular weight excluding hydrogens is 413 g/mol. The predicted molar refractivity (Wildman–Crippen MR) is 117 cm³/mol. The maximum absolute atomic E-state index is 14.2. The van der Waals surface area contributed by atoms with E-state index in [1.165, 1.54) is 10.6 Å². The van der Waals surface area contributed by atoms with Gasteiger partial charge in [-0.25, -0.2) is 28.8 Å². The molecular formula is C22H20FN7O2. The minimum atomic E-state index is -0.320. The van der Waals surface area contributed by atoms with Crippen molar-refractivity contribution in [2.45, 2.75) is 19.4 Å². The van der Waals surface area contributed by atoms with Crippen LogP contribution in [0.25, 0.3) is 33.7 Å². The van der Waals surface area contributed by atoms with Crippen LogP contribution in [-0.4, -0.2) is 46.0 Å². The molecule has 0 aliphatic heterocycles. The number of pyridine rings is 1. The van der Waals surface area contributed by atoms with Crippen molar-refractivity contribution < 1.29 is 9.50 Å². The maximum atomic E-state index is 14.2. The van der Waals surface area contributed by atoms with E-state index in [0.29, 0.717) is 52.4 Å². The average Bonchev–Trinajstić information content (AvgIpc) is 3.31. The fraction of sp³-hybridized carbons (Fsp3) is 0.227. The number of aliphatic hydroxyl groups excluding tert-OH is 1. The molecule has 0 saturated carbocycles. The Morgan fingerprint density at radius 3 is 2.81 bits per heavy atom. The predicted octanol–water partition coefficient (Wildman–Crippen LogP) is 2.18. The first-order valence-corrected chi connectivity index (χ1v) is 10.2. The quantitative estimate of drug-likeness (QED) is 0.424. The van der Waals surface area contributed by atoms with E-state index in [4.69, 9.17) is 4.98 Å². The molecule has 0 aliphatic carbocycles. The van der Waals surface area contributed by atoms with Crippen LogP contribution in [0.5, 0.6) is 0 Å². The molecule has 0 fully saturated rings. The normalized spacial score (nSPS) is 11.6. The Labute approximate surface area is 181 Å². The number of benzene rings is 1. The summed E-state index contributed by atoms with van der Waals surface area (Å²) in [6, 6.07) is 10.2. The van der Waals surface area contributed by atoms with E-state index in [9.17, 15) is 14.3 Å². The number of halogens is 1. The van der Waals surface area contributed by atoms with Crippen LogP contribution < -0.4 is 5.69 Å². The number of rotatable bonds is 6. The molecule has 4 aromatic heterocycles. The van der Waals surface area contributed by atoms with Crippen LogP contribution in [0.1, 0.15) is 17.7 Å². The lowest BCUT2D eigenvalue weighted by molar-refractivity contribution is 0.288. The Morgan fingerprint density at radius 1 is 1.16 bits per heavy atom. The van der Waals surface area contributed by atoms with Crippen LogP contribution in [0.15, 0.2) is 47.4 Å². The van der Waals surface area contributed by atoms with E-state index >= 15 is 0 Å². The third-order valence-corrected chi connectivity index (χ3v) is 5.39. The van der Waals surface area contributed by atoms with Gasteiger partial charge in [0.1, 0.15) is 17.0 Å². The summed E-state index contributed by atoms with van der Waals surface area (Å²) in [5.41, 5.74) is 2.89. The number of nitrogens with one attached hydrogen (secondary N) is 1. The molecule has 4 heterocycles. The van der Waals surface area contributed by atoms with Gasteiger partial charge in [-0.05, 0) is 31.0 Å². The molecule has 1 aromatic carbocycles. The number of aryl methyl sites for hydroxylation is 2. The van der Waals surface area contributed by atoms with Gasteiger partial charge >= 0.3 is 5.69 Å². The van der Waals surface area contributed by atoms with E-state index in [2.05, 4.69) is 20.1 Å². The highest BCUT2D eigenvalue weighted by molar-refractivity contribution is 5.90. The summed E-state index contributed by atoms with van der Waals surface area (Å²) in [7, 11) is 1.65. The third kappa shape index (κ3) is 3.34. The monoisotopic (exact) mass is 433 g/mol. The summed E-state index contributed by atoms with van der Waals surface area (Å²) in [6.07, 6.45) is 2.62. The van der Waals surface area contributed by atoms with Gasteiger partial charge in [0.2, 0.25) is 0 Å². The van der Waals surface area contributed by atoms with E-state index in [-0.39, 0.29) is 24.7 Å². The summed E-state index contributed by atoms with van der Waals surface area (Å²) in [4.78, 5) is 28.6. The summed E-state index contributed by atoms with van der Waals surface area (Å²) in [6.45, 7) is 0.200. The largest absolute Gasteiger partial charge is 0.396 e. The number of hydrogen-bond donors (Lipinski definition) is 2. The van der Waals surface area contributed by atoms with Crippen LogP contribution in [0.3, 0.4) is 0 Å². The minimum absolute atomic E-state index is 0.00329. The molecule has 10 heteroatoms. The van der Waals surface area contributed by atoms with Crippen molar-refractivity contribution in [3.05, 3.63) is 70.2 Å². The van der Waals surface area contributed by atoms with Gasteiger partial charge in [-0.15, -0.1) is 0 Å². The number of H-pyrrole nitrogens is 1. The lowest BCUT2D eigenvalue weighted by atomic mass is 10.2. The van der Waals surface area contributed by atoms with Crippen LogP contribution in [0, 0.1) is 5.82 Å². The molecule has 2 N–H and O–H groups in total. The van der Waals surface area contributed by atoms with E-state index < -0.39 is 0 Å². The molecule has 9 nitrogen and oxygen atoms in total. The number of nitrogens with zero attached hydrogens (tertiary/aromatic N) is 6. The van der Waals surface area contributed by atoms with Crippen molar-refractivity contribution in [3.8, 4) is 11.5 Å². The second-order valence-corrected chi connectivity index (χ2v) is 7.48. The molecule has 0 saturated heterocycles. The van der Waals surface area contributed by atoms with E-state index in [1.807, 2.05) is 6.07 Å². The number of aromatic amines is 1. The van der Waals surface area contributed by atoms with Crippen molar-refractivity contribution in [3.63, 3.8) is 0 Å². The lowest BCUT2D eigenvalue weighted by Gasteiger charge is -2.06. The van der Waals surface area contributed by atoms with Gasteiger partial charge in [0.05, 0.1) is 17.6 Å². The van der Waals surface area contributed by atoms with Crippen LogP contribution >= 0.6 is 0 Å². The summed E-state index contributed by atoms with van der Waals surface area (Å²) in [5.74, 6) is 0.0111. The van der Waals surface area contributed by atoms with Crippen molar-refractivity contribution in [2.24, 2.45) is 7.05 Å². The summed E-state index contributed by atoms with van der Waals surface area (Å²) in [5, 5.41) is 14.7. The molecule has 5 aromatic rings. The Balaban J connectivity index is 1.70. The van der Waals surface area contributed by atoms with Crippen molar-refractivity contribution in [1.82, 2.24) is 34.3 Å². The van der Waals surface area contributed by atoms with Gasteiger partial charge in [-0.3, -0.25) is 9.55 Å². The van der Waals surface area contributed by atoms with Crippen molar-refractivity contribution in [2.75, 3.05) is 6.61 Å². The number of aliphatic hydroxyl groups is 1. The Kier molecular flexibility index (Phi) is 4.98. The molecule has 0 unspecified atom stereocenters. The Bertz CT molecular complexity index is 1500. The molecule has 0 radical (unpaired) electrons. The highest BCUT2D eigenvalue weighted by Gasteiger charge is 2.20. The first-order valence-electron chi connectivity index (χ1n) is 10.2. The lowest BCUT2D eigenvalue weighted by Crippen LogP contribution is -2.13. The maximum Gasteiger partial charge on any atom is 0.327 e. The van der Waals surface area contributed by atoms with Crippen LogP contribution in [-0.2, 0) is 20.0 Å². The van der Waals surface area contributed by atoms with Gasteiger partial charge in [-0.1, -0.05) is 18.2 Å². The molecule has 0 aliphatic rings. The molecule has 0 amide bonds. The Morgan fingerprint density at radius 2 is 2.00 bits per heavy atom. The zero-order valence-corrected chi connectivity index (χ0v) is 17.3. The van der Waals surface area contributed by atoms with Gasteiger partial charge < -0.3 is 5.11 Å². The average molecular weight is 433 g/mol. The Hall–Kier alpha value is -3.92. The van der Waals surface area contributed by atoms with Crippen LogP contribution in [0.2, 0.25) is 0 Å². The highest BCUT2D eigenvalue weighted by atomic mass is 19.1. The van der Waals surface area contributed by atoms with Crippen molar-refractivity contribution in [1.29, 1.82) is 0 Å². The zero-order valence-electron chi connectivity index (χ0n) is 17.3. The number of fused-ring (bicyclic) bond motifs is 2. The van der Waals surface area contributed by atoms with E-state index in [0.717, 1.165) is 5.39 Å². The van der Waals surface area contributed by atoms with Gasteiger partial charge in [-0.2, -0.15) is 5.10 Å². The number of aromatic nitrogens is 7. The minimum Gasteiger partial charge on any atom is -0.396 e. The smallest absolute Gasteiger partial charge is 0.327 e.